The van der Waals surface area contributed by atoms with Crippen LogP contribution in [0.1, 0.15) is 28.7 Å². The van der Waals surface area contributed by atoms with Crippen molar-refractivity contribution in [2.75, 3.05) is 10.2 Å². The van der Waals surface area contributed by atoms with Crippen molar-refractivity contribution in [1.29, 1.82) is 0 Å². The van der Waals surface area contributed by atoms with Crippen LogP contribution in [0.2, 0.25) is 0 Å². The van der Waals surface area contributed by atoms with E-state index in [0.29, 0.717) is 17.1 Å². The van der Waals surface area contributed by atoms with Gasteiger partial charge in [-0.15, -0.1) is 12.4 Å². The lowest BCUT2D eigenvalue weighted by Crippen LogP contribution is -2.26. The molecule has 6 rings (SSSR count). The van der Waals surface area contributed by atoms with Gasteiger partial charge in [0.1, 0.15) is 12.2 Å². The second-order valence-electron chi connectivity index (χ2n) is 9.94. The molecule has 196 valence electrons. The summed E-state index contributed by atoms with van der Waals surface area (Å²) in [6.45, 7) is 7.16. The Balaban J connectivity index is 0.00000308. The molecular formula is C32H29ClN4O2. The molecule has 0 bridgehead atoms. The number of carbonyl (C=O) groups is 2. The lowest BCUT2D eigenvalue weighted by Gasteiger charge is -2.23. The minimum atomic E-state index is -0.310. The summed E-state index contributed by atoms with van der Waals surface area (Å²) in [7, 11) is 0. The van der Waals surface area contributed by atoms with E-state index in [1.807, 2.05) is 73.1 Å². The molecule has 1 aromatic heterocycles. The molecule has 0 aliphatic carbocycles. The number of aryl methyl sites for hydroxylation is 3. The molecule has 2 amide bonds. The van der Waals surface area contributed by atoms with E-state index in [0.717, 1.165) is 28.7 Å². The summed E-state index contributed by atoms with van der Waals surface area (Å²) in [5, 5.41) is 4.86. The predicted octanol–water partition coefficient (Wildman–Crippen LogP) is 7.11. The van der Waals surface area contributed by atoms with Gasteiger partial charge < -0.3 is 9.88 Å². The van der Waals surface area contributed by atoms with E-state index >= 15 is 0 Å². The molecule has 0 radical (unpaired) electrons. The maximum Gasteiger partial charge on any atom is 0.241 e. The van der Waals surface area contributed by atoms with Crippen molar-refractivity contribution in [3.63, 3.8) is 0 Å². The van der Waals surface area contributed by atoms with Gasteiger partial charge in [0.05, 0.1) is 11.4 Å². The molecule has 0 spiro atoms. The number of carbonyl (C=O) groups excluding carboxylic acids is 2. The normalized spacial score (nSPS) is 13.1. The molecule has 7 heteroatoms. The SMILES string of the molecule is Cc1cc(C)c(Cn2ccnc2-c2ccc(N3C(=O)CC(=O)Nc4c3ccc3ccccc43)cc2)c(C)c1.Cl. The van der Waals surface area contributed by atoms with Crippen molar-refractivity contribution in [2.24, 2.45) is 0 Å². The minimum Gasteiger partial charge on any atom is -0.327 e. The summed E-state index contributed by atoms with van der Waals surface area (Å²) in [4.78, 5) is 32.1. The number of rotatable bonds is 4. The second-order valence-corrected chi connectivity index (χ2v) is 9.94. The molecule has 5 aromatic rings. The zero-order valence-corrected chi connectivity index (χ0v) is 22.9. The predicted molar refractivity (Wildman–Crippen MR) is 159 cm³/mol. The zero-order chi connectivity index (χ0) is 26.4. The number of benzene rings is 4. The van der Waals surface area contributed by atoms with E-state index in [9.17, 15) is 9.59 Å². The monoisotopic (exact) mass is 536 g/mol. The van der Waals surface area contributed by atoms with Gasteiger partial charge in [-0.25, -0.2) is 4.98 Å². The first-order valence-corrected chi connectivity index (χ1v) is 12.7. The molecule has 0 saturated heterocycles. The highest BCUT2D eigenvalue weighted by Crippen LogP contribution is 2.40. The number of anilines is 3. The number of aromatic nitrogens is 2. The van der Waals surface area contributed by atoms with E-state index in [1.54, 1.807) is 4.90 Å². The maximum atomic E-state index is 13.2. The van der Waals surface area contributed by atoms with Crippen molar-refractivity contribution in [1.82, 2.24) is 9.55 Å². The van der Waals surface area contributed by atoms with Crippen molar-refractivity contribution >= 4 is 52.1 Å². The number of nitrogens with zero attached hydrogens (tertiary/aromatic N) is 3. The first-order valence-electron chi connectivity index (χ1n) is 12.7. The van der Waals surface area contributed by atoms with Crippen molar-refractivity contribution in [3.05, 3.63) is 107 Å². The summed E-state index contributed by atoms with van der Waals surface area (Å²) in [6, 6.07) is 24.0. The highest BCUT2D eigenvalue weighted by Gasteiger charge is 2.28. The Hall–Kier alpha value is -4.42. The maximum absolute atomic E-state index is 13.2. The Morgan fingerprint density at radius 1 is 0.897 bits per heavy atom. The molecule has 2 heterocycles. The van der Waals surface area contributed by atoms with Crippen LogP contribution in [0.3, 0.4) is 0 Å². The molecule has 0 unspecified atom stereocenters. The molecule has 6 nitrogen and oxygen atoms in total. The van der Waals surface area contributed by atoms with Gasteiger partial charge in [-0.3, -0.25) is 14.5 Å². The fourth-order valence-corrected chi connectivity index (χ4v) is 5.48. The first kappa shape index (κ1) is 26.2. The molecule has 0 saturated carbocycles. The Morgan fingerprint density at radius 2 is 1.62 bits per heavy atom. The van der Waals surface area contributed by atoms with Crippen LogP contribution in [0.4, 0.5) is 17.1 Å². The van der Waals surface area contributed by atoms with E-state index in [-0.39, 0.29) is 30.6 Å². The number of amides is 2. The van der Waals surface area contributed by atoms with E-state index in [1.165, 1.54) is 22.3 Å². The average Bonchev–Trinajstić information content (AvgIpc) is 3.31. The molecule has 39 heavy (non-hydrogen) atoms. The fraction of sp³-hybridized carbons (Fsp3) is 0.156. The molecule has 4 aromatic carbocycles. The average molecular weight is 537 g/mol. The smallest absolute Gasteiger partial charge is 0.241 e. The molecule has 0 fully saturated rings. The van der Waals surface area contributed by atoms with Crippen LogP contribution in [-0.2, 0) is 16.1 Å². The number of fused-ring (bicyclic) bond motifs is 3. The molecule has 0 atom stereocenters. The Bertz CT molecular complexity index is 1700. The first-order chi connectivity index (χ1) is 18.4. The Kier molecular flexibility index (Phi) is 6.98. The third kappa shape index (κ3) is 4.79. The second kappa shape index (κ2) is 10.4. The summed E-state index contributed by atoms with van der Waals surface area (Å²) in [6.07, 6.45) is 3.60. The van der Waals surface area contributed by atoms with Crippen LogP contribution in [-0.4, -0.2) is 21.4 Å². The quantitative estimate of drug-likeness (QED) is 0.249. The van der Waals surface area contributed by atoms with Gasteiger partial charge in [0.25, 0.3) is 0 Å². The fourth-order valence-electron chi connectivity index (χ4n) is 5.48. The number of imidazole rings is 1. The van der Waals surface area contributed by atoms with E-state index < -0.39 is 0 Å². The van der Waals surface area contributed by atoms with Crippen LogP contribution in [0.15, 0.2) is 85.2 Å². The largest absolute Gasteiger partial charge is 0.327 e. The van der Waals surface area contributed by atoms with Crippen LogP contribution >= 0.6 is 12.4 Å². The lowest BCUT2D eigenvalue weighted by atomic mass is 9.99. The number of nitrogens with one attached hydrogen (secondary N) is 1. The van der Waals surface area contributed by atoms with Crippen LogP contribution in [0.5, 0.6) is 0 Å². The molecular weight excluding hydrogens is 508 g/mol. The van der Waals surface area contributed by atoms with Crippen LogP contribution in [0, 0.1) is 20.8 Å². The molecule has 1 N–H and O–H groups in total. The minimum absolute atomic E-state index is 0. The van der Waals surface area contributed by atoms with E-state index in [4.69, 9.17) is 0 Å². The van der Waals surface area contributed by atoms with Crippen LogP contribution < -0.4 is 10.2 Å². The summed E-state index contributed by atoms with van der Waals surface area (Å²) >= 11 is 0. The standard InChI is InChI=1S/C32H28N4O2.ClH/c1-20-16-21(2)27(22(3)17-20)19-35-15-14-33-32(35)24-8-11-25(12-9-24)36-28-13-10-23-6-4-5-7-26(23)31(28)34-29(37)18-30(36)38;/h4-17H,18-19H2,1-3H3,(H,34,37);1H. The van der Waals surface area contributed by atoms with Crippen molar-refractivity contribution in [3.8, 4) is 11.4 Å². The van der Waals surface area contributed by atoms with Gasteiger partial charge in [0, 0.05) is 35.6 Å². The summed E-state index contributed by atoms with van der Waals surface area (Å²) < 4.78 is 2.15. The Labute approximate surface area is 233 Å². The van der Waals surface area contributed by atoms with Gasteiger partial charge >= 0.3 is 0 Å². The van der Waals surface area contributed by atoms with Gasteiger partial charge in [-0.2, -0.15) is 0 Å². The van der Waals surface area contributed by atoms with Gasteiger partial charge in [0.2, 0.25) is 11.8 Å². The molecule has 1 aliphatic rings. The van der Waals surface area contributed by atoms with Gasteiger partial charge in [0.15, 0.2) is 0 Å². The lowest BCUT2D eigenvalue weighted by molar-refractivity contribution is -0.124. The van der Waals surface area contributed by atoms with E-state index in [2.05, 4.69) is 47.8 Å². The highest BCUT2D eigenvalue weighted by atomic mass is 35.5. The number of halogens is 1. The highest BCUT2D eigenvalue weighted by molar-refractivity contribution is 6.21. The third-order valence-electron chi connectivity index (χ3n) is 7.24. The van der Waals surface area contributed by atoms with Crippen LogP contribution in [0.25, 0.3) is 22.2 Å². The summed E-state index contributed by atoms with van der Waals surface area (Å²) in [5.41, 5.74) is 8.08. The molecule has 1 aliphatic heterocycles. The number of hydrogen-bond donors (Lipinski definition) is 1. The van der Waals surface area contributed by atoms with Gasteiger partial charge in [-0.05, 0) is 73.2 Å². The Morgan fingerprint density at radius 3 is 2.36 bits per heavy atom. The van der Waals surface area contributed by atoms with Crippen molar-refractivity contribution in [2.45, 2.75) is 33.7 Å². The van der Waals surface area contributed by atoms with Crippen molar-refractivity contribution < 1.29 is 9.59 Å². The third-order valence-corrected chi connectivity index (χ3v) is 7.24. The zero-order valence-electron chi connectivity index (χ0n) is 22.1. The van der Waals surface area contributed by atoms with Gasteiger partial charge in [-0.1, -0.05) is 48.0 Å². The number of hydrogen-bond acceptors (Lipinski definition) is 3. The summed E-state index contributed by atoms with van der Waals surface area (Å²) in [5.74, 6) is 0.285. The topological polar surface area (TPSA) is 67.2 Å².